The molecule has 4 heteroatoms. The van der Waals surface area contributed by atoms with Gasteiger partial charge in [-0.05, 0) is 31.6 Å². The highest BCUT2D eigenvalue weighted by Gasteiger charge is 2.29. The topological polar surface area (TPSA) is 44.3 Å². The van der Waals surface area contributed by atoms with Crippen LogP contribution in [0.2, 0.25) is 0 Å². The van der Waals surface area contributed by atoms with E-state index in [1.54, 1.807) is 6.08 Å². The summed E-state index contributed by atoms with van der Waals surface area (Å²) < 4.78 is 20.1. The van der Waals surface area contributed by atoms with Crippen molar-refractivity contribution in [2.45, 2.75) is 25.0 Å². The Bertz CT molecular complexity index is 431. The van der Waals surface area contributed by atoms with Crippen LogP contribution in [0.4, 0.5) is 5.69 Å². The molecule has 0 aromatic heterocycles. The van der Waals surface area contributed by atoms with E-state index in [9.17, 15) is 4.55 Å². The normalized spacial score (nSPS) is 15.9. The molecule has 1 aromatic carbocycles. The Kier molecular flexibility index (Phi) is 3.35. The van der Waals surface area contributed by atoms with Gasteiger partial charge in [-0.25, -0.2) is 4.72 Å². The predicted octanol–water partition coefficient (Wildman–Crippen LogP) is 2.66. The highest BCUT2D eigenvalue weighted by molar-refractivity contribution is 7.94. The number of rotatable bonds is 4. The first-order valence-corrected chi connectivity index (χ1v) is 6.76. The number of hydrogen-bond acceptors (Lipinski definition) is 3. The van der Waals surface area contributed by atoms with E-state index in [1.807, 2.05) is 32.0 Å². The van der Waals surface area contributed by atoms with E-state index < -0.39 is 16.1 Å². The predicted molar refractivity (Wildman–Crippen MR) is 71.7 cm³/mol. The third kappa shape index (κ3) is 2.58. The molecule has 1 aromatic rings. The van der Waals surface area contributed by atoms with Crippen molar-refractivity contribution in [1.82, 2.24) is 0 Å². The van der Waals surface area contributed by atoms with E-state index in [0.29, 0.717) is 0 Å². The van der Waals surface area contributed by atoms with Gasteiger partial charge in [0.2, 0.25) is 0 Å². The van der Waals surface area contributed by atoms with Crippen molar-refractivity contribution in [2.24, 2.45) is 0 Å². The first-order chi connectivity index (χ1) is 8.03. The third-order valence-electron chi connectivity index (χ3n) is 2.88. The smallest absolute Gasteiger partial charge is 0.162 e. The molecule has 0 amide bonds. The lowest BCUT2D eigenvalue weighted by Gasteiger charge is -2.24. The number of benzene rings is 1. The van der Waals surface area contributed by atoms with Crippen molar-refractivity contribution >= 4 is 17.0 Å². The zero-order valence-corrected chi connectivity index (χ0v) is 11.0. The van der Waals surface area contributed by atoms with Gasteiger partial charge < -0.3 is 9.29 Å². The second-order valence-electron chi connectivity index (χ2n) is 4.60. The molecule has 1 N–H and O–H groups in total. The lowest BCUT2D eigenvalue weighted by Crippen LogP contribution is -2.34. The zero-order valence-electron chi connectivity index (χ0n) is 10.2. The Hall–Kier alpha value is -1.13. The maximum absolute atomic E-state index is 12.1. The standard InChI is InChI=1S/C13H17NO2S/c1-4-13(2,3)17(15)14-11-6-5-10-7-8-16-12(10)9-11/h4-6,9,14H,1,7-8H2,2-3H3. The minimum atomic E-state index is -1.20. The second kappa shape index (κ2) is 4.63. The van der Waals surface area contributed by atoms with Gasteiger partial charge in [0.05, 0.1) is 23.7 Å². The van der Waals surface area contributed by atoms with E-state index in [2.05, 4.69) is 11.3 Å². The molecule has 0 saturated carbocycles. The van der Waals surface area contributed by atoms with Gasteiger partial charge in [-0.15, -0.1) is 0 Å². The fourth-order valence-corrected chi connectivity index (χ4v) is 2.30. The number of hydrogen-bond donors (Lipinski definition) is 1. The summed E-state index contributed by atoms with van der Waals surface area (Å²) in [5.74, 6) is 0.892. The van der Waals surface area contributed by atoms with Crippen LogP contribution < -0.4 is 9.46 Å². The summed E-state index contributed by atoms with van der Waals surface area (Å²) in [5.41, 5.74) is 2.03. The first kappa shape index (κ1) is 12.3. The van der Waals surface area contributed by atoms with Crippen LogP contribution in [0.3, 0.4) is 0 Å². The monoisotopic (exact) mass is 251 g/mol. The molecular weight excluding hydrogens is 234 g/mol. The van der Waals surface area contributed by atoms with Gasteiger partial charge in [-0.2, -0.15) is 0 Å². The van der Waals surface area contributed by atoms with E-state index in [1.165, 1.54) is 5.56 Å². The molecule has 17 heavy (non-hydrogen) atoms. The lowest BCUT2D eigenvalue weighted by molar-refractivity contribution is 0.357. The third-order valence-corrected chi connectivity index (χ3v) is 4.42. The Labute approximate surface area is 105 Å². The van der Waals surface area contributed by atoms with Gasteiger partial charge in [0.15, 0.2) is 4.75 Å². The average molecular weight is 251 g/mol. The van der Waals surface area contributed by atoms with Crippen LogP contribution in [0.25, 0.3) is 0 Å². The van der Waals surface area contributed by atoms with Crippen LogP contribution in [-0.4, -0.2) is 15.9 Å². The molecule has 2 rings (SSSR count). The minimum absolute atomic E-state index is 0.458. The van der Waals surface area contributed by atoms with Crippen molar-refractivity contribution in [3.05, 3.63) is 36.4 Å². The average Bonchev–Trinajstić information content (AvgIpc) is 2.76. The number of anilines is 1. The van der Waals surface area contributed by atoms with E-state index in [4.69, 9.17) is 4.74 Å². The van der Waals surface area contributed by atoms with Crippen molar-refractivity contribution in [1.29, 1.82) is 0 Å². The van der Waals surface area contributed by atoms with E-state index in [-0.39, 0.29) is 0 Å². The summed E-state index contributed by atoms with van der Waals surface area (Å²) in [6.45, 7) is 8.20. The number of nitrogens with one attached hydrogen (secondary N) is 1. The van der Waals surface area contributed by atoms with Gasteiger partial charge in [0.25, 0.3) is 0 Å². The molecule has 0 aliphatic carbocycles. The summed E-state index contributed by atoms with van der Waals surface area (Å²) in [5, 5.41) is 0. The quantitative estimate of drug-likeness (QED) is 0.661. The van der Waals surface area contributed by atoms with Gasteiger partial charge >= 0.3 is 0 Å². The molecule has 0 radical (unpaired) electrons. The van der Waals surface area contributed by atoms with Crippen molar-refractivity contribution in [3.63, 3.8) is 0 Å². The molecule has 1 heterocycles. The molecule has 0 spiro atoms. The number of fused-ring (bicyclic) bond motifs is 1. The summed E-state index contributed by atoms with van der Waals surface area (Å²) in [4.78, 5) is 0. The molecular formula is C13H17NO2S. The number of ether oxygens (including phenoxy) is 1. The molecule has 0 fully saturated rings. The highest BCUT2D eigenvalue weighted by Crippen LogP contribution is 2.30. The second-order valence-corrected chi connectivity index (χ2v) is 6.39. The Balaban J connectivity index is 2.12. The molecule has 1 aliphatic heterocycles. The molecule has 1 unspecified atom stereocenters. The van der Waals surface area contributed by atoms with Crippen LogP contribution in [0, 0.1) is 0 Å². The summed E-state index contributed by atoms with van der Waals surface area (Å²) in [6, 6.07) is 5.85. The first-order valence-electron chi connectivity index (χ1n) is 5.61. The Morgan fingerprint density at radius 1 is 1.53 bits per heavy atom. The maximum Gasteiger partial charge on any atom is 0.162 e. The van der Waals surface area contributed by atoms with Crippen molar-refractivity contribution in [3.8, 4) is 5.75 Å². The van der Waals surface area contributed by atoms with Crippen LogP contribution >= 0.6 is 0 Å². The molecule has 3 nitrogen and oxygen atoms in total. The fraction of sp³-hybridized carbons (Fsp3) is 0.385. The highest BCUT2D eigenvalue weighted by atomic mass is 32.2. The van der Waals surface area contributed by atoms with Gasteiger partial charge in [0.1, 0.15) is 5.75 Å². The molecule has 92 valence electrons. The van der Waals surface area contributed by atoms with E-state index in [0.717, 1.165) is 24.5 Å². The Morgan fingerprint density at radius 2 is 2.29 bits per heavy atom. The van der Waals surface area contributed by atoms with Crippen LogP contribution in [0.1, 0.15) is 19.4 Å². The Morgan fingerprint density at radius 3 is 3.00 bits per heavy atom. The maximum atomic E-state index is 12.1. The van der Waals surface area contributed by atoms with Crippen LogP contribution in [0.5, 0.6) is 5.75 Å². The van der Waals surface area contributed by atoms with Crippen LogP contribution in [-0.2, 0) is 17.8 Å². The van der Waals surface area contributed by atoms with Gasteiger partial charge in [-0.1, -0.05) is 12.6 Å². The molecule has 1 atom stereocenters. The van der Waals surface area contributed by atoms with Crippen LogP contribution in [0.15, 0.2) is 30.9 Å². The molecule has 0 saturated heterocycles. The molecule has 1 aliphatic rings. The fourth-order valence-electron chi connectivity index (χ4n) is 1.54. The SMILES string of the molecule is C=CC(C)(C)[S+]([O-])Nc1ccc2c(c1)OCC2. The summed E-state index contributed by atoms with van der Waals surface area (Å²) in [7, 11) is 0. The summed E-state index contributed by atoms with van der Waals surface area (Å²) in [6.07, 6.45) is 2.65. The largest absolute Gasteiger partial charge is 0.592 e. The van der Waals surface area contributed by atoms with Crippen molar-refractivity contribution in [2.75, 3.05) is 11.3 Å². The molecule has 0 bridgehead atoms. The summed E-state index contributed by atoms with van der Waals surface area (Å²) >= 11 is -1.20. The zero-order chi connectivity index (χ0) is 12.5. The van der Waals surface area contributed by atoms with Gasteiger partial charge in [-0.3, -0.25) is 0 Å². The van der Waals surface area contributed by atoms with Crippen molar-refractivity contribution < 1.29 is 9.29 Å². The van der Waals surface area contributed by atoms with Gasteiger partial charge in [0, 0.05) is 12.5 Å². The minimum Gasteiger partial charge on any atom is -0.592 e. The lowest BCUT2D eigenvalue weighted by atomic mass is 10.1. The van der Waals surface area contributed by atoms with E-state index >= 15 is 0 Å².